The van der Waals surface area contributed by atoms with Gasteiger partial charge in [-0.25, -0.2) is 0 Å². The summed E-state index contributed by atoms with van der Waals surface area (Å²) in [7, 11) is 3.27. The van der Waals surface area contributed by atoms with Crippen LogP contribution in [-0.4, -0.2) is 33.7 Å². The summed E-state index contributed by atoms with van der Waals surface area (Å²) in [5, 5.41) is 3.92. The van der Waals surface area contributed by atoms with Gasteiger partial charge in [-0.05, 0) is 60.0 Å². The molecule has 1 aliphatic carbocycles. The van der Waals surface area contributed by atoms with Crippen LogP contribution in [0.5, 0.6) is 11.5 Å². The Morgan fingerprint density at radius 2 is 1.84 bits per heavy atom. The van der Waals surface area contributed by atoms with Crippen LogP contribution in [0.15, 0.2) is 18.2 Å². The summed E-state index contributed by atoms with van der Waals surface area (Å²) < 4.78 is 12.8. The fourth-order valence-electron chi connectivity index (χ4n) is 4.22. The number of halogens is 2. The summed E-state index contributed by atoms with van der Waals surface area (Å²) in [5.74, 6) is 3.43. The lowest BCUT2D eigenvalue weighted by Crippen LogP contribution is -2.18. The zero-order valence-corrected chi connectivity index (χ0v) is 19.5. The number of anilines is 1. The normalized spacial score (nSPS) is 18.9. The van der Waals surface area contributed by atoms with Crippen LogP contribution in [0.25, 0.3) is 11.2 Å². The van der Waals surface area contributed by atoms with E-state index in [0.29, 0.717) is 29.2 Å². The van der Waals surface area contributed by atoms with Crippen molar-refractivity contribution in [2.45, 2.75) is 45.7 Å². The molecule has 1 saturated carbocycles. The molecule has 166 valence electrons. The highest BCUT2D eigenvalue weighted by molar-refractivity contribution is 6.30. The number of fused-ring (bicyclic) bond motifs is 1. The van der Waals surface area contributed by atoms with E-state index in [2.05, 4.69) is 27.2 Å². The lowest BCUT2D eigenvalue weighted by molar-refractivity contribution is 0.266. The zero-order valence-electron chi connectivity index (χ0n) is 18.0. The van der Waals surface area contributed by atoms with Gasteiger partial charge in [0.25, 0.3) is 0 Å². The lowest BCUT2D eigenvalue weighted by Gasteiger charge is -2.26. The van der Waals surface area contributed by atoms with Gasteiger partial charge in [-0.15, -0.1) is 0 Å². The summed E-state index contributed by atoms with van der Waals surface area (Å²) in [6.07, 6.45) is 4.88. The van der Waals surface area contributed by atoms with Gasteiger partial charge in [0.1, 0.15) is 17.0 Å². The summed E-state index contributed by atoms with van der Waals surface area (Å²) in [4.78, 5) is 13.2. The quantitative estimate of drug-likeness (QED) is 0.363. The predicted octanol–water partition coefficient (Wildman–Crippen LogP) is 5.59. The molecule has 0 unspecified atom stereocenters. The average molecular weight is 464 g/mol. The maximum Gasteiger partial charge on any atom is 0.226 e. The molecular weight excluding hydrogens is 437 g/mol. The molecule has 0 amide bonds. The van der Waals surface area contributed by atoms with Crippen molar-refractivity contribution in [1.82, 2.24) is 19.5 Å². The molecule has 7 nitrogen and oxygen atoms in total. The van der Waals surface area contributed by atoms with Gasteiger partial charge in [0.05, 0.1) is 14.2 Å². The Morgan fingerprint density at radius 3 is 2.55 bits per heavy atom. The van der Waals surface area contributed by atoms with Crippen molar-refractivity contribution in [3.63, 3.8) is 0 Å². The highest BCUT2D eigenvalue weighted by Crippen LogP contribution is 2.33. The number of nitrogens with zero attached hydrogens (tertiary/aromatic N) is 4. The Balaban J connectivity index is 1.63. The molecule has 3 aromatic rings. The molecule has 0 bridgehead atoms. The number of benzene rings is 1. The molecule has 1 fully saturated rings. The Morgan fingerprint density at radius 1 is 1.06 bits per heavy atom. The minimum atomic E-state index is 0.129. The molecule has 9 heteroatoms. The first-order chi connectivity index (χ1) is 15.0. The van der Waals surface area contributed by atoms with Crippen LogP contribution in [0, 0.1) is 11.8 Å². The van der Waals surface area contributed by atoms with E-state index in [0.717, 1.165) is 35.0 Å². The topological polar surface area (TPSA) is 74.1 Å². The molecule has 0 saturated heterocycles. The van der Waals surface area contributed by atoms with E-state index in [4.69, 9.17) is 32.7 Å². The molecule has 2 aromatic heterocycles. The Bertz CT molecular complexity index is 1060. The van der Waals surface area contributed by atoms with Crippen LogP contribution in [-0.2, 0) is 13.1 Å². The molecule has 0 atom stereocenters. The van der Waals surface area contributed by atoms with Crippen molar-refractivity contribution in [1.29, 1.82) is 0 Å². The van der Waals surface area contributed by atoms with Crippen molar-refractivity contribution in [2.24, 2.45) is 11.8 Å². The summed E-state index contributed by atoms with van der Waals surface area (Å²) in [6.45, 7) is 3.61. The number of imidazole rings is 1. The van der Waals surface area contributed by atoms with Gasteiger partial charge in [0.15, 0.2) is 11.5 Å². The zero-order chi connectivity index (χ0) is 22.0. The number of hydrogen-bond donors (Lipinski definition) is 1. The van der Waals surface area contributed by atoms with Gasteiger partial charge < -0.3 is 19.4 Å². The molecule has 1 aromatic carbocycles. The van der Waals surface area contributed by atoms with Gasteiger partial charge in [-0.3, -0.25) is 0 Å². The Labute approximate surface area is 192 Å². The first-order valence-corrected chi connectivity index (χ1v) is 11.3. The van der Waals surface area contributed by atoms with E-state index < -0.39 is 0 Å². The number of hydrogen-bond acceptors (Lipinski definition) is 6. The van der Waals surface area contributed by atoms with Gasteiger partial charge in [0.2, 0.25) is 10.6 Å². The van der Waals surface area contributed by atoms with Crippen LogP contribution >= 0.6 is 23.2 Å². The Kier molecular flexibility index (Phi) is 6.72. The summed E-state index contributed by atoms with van der Waals surface area (Å²) >= 11 is 12.7. The van der Waals surface area contributed by atoms with Crippen molar-refractivity contribution in [3.05, 3.63) is 34.3 Å². The minimum absolute atomic E-state index is 0.129. The number of aromatic nitrogens is 4. The second-order valence-corrected chi connectivity index (χ2v) is 8.84. The van der Waals surface area contributed by atoms with Gasteiger partial charge >= 0.3 is 0 Å². The molecule has 2 heterocycles. The second-order valence-electron chi connectivity index (χ2n) is 8.16. The first kappa shape index (κ1) is 22.0. The summed E-state index contributed by atoms with van der Waals surface area (Å²) in [5.41, 5.74) is 2.24. The molecule has 0 spiro atoms. The molecule has 1 N–H and O–H groups in total. The van der Waals surface area contributed by atoms with Crippen molar-refractivity contribution in [3.8, 4) is 11.5 Å². The average Bonchev–Trinajstić information content (AvgIpc) is 3.08. The smallest absolute Gasteiger partial charge is 0.226 e. The Hall–Kier alpha value is -2.25. The SMILES string of the molecule is COc1ccc(CNc2nc(Cl)nc3nc(Cl)n(C[C@H]4CC[C@H](C)CC4)c23)c(OC)c1. The molecule has 0 radical (unpaired) electrons. The van der Waals surface area contributed by atoms with Gasteiger partial charge in [-0.2, -0.15) is 15.0 Å². The van der Waals surface area contributed by atoms with E-state index >= 15 is 0 Å². The van der Waals surface area contributed by atoms with Crippen molar-refractivity contribution < 1.29 is 9.47 Å². The molecule has 4 rings (SSSR count). The van der Waals surface area contributed by atoms with Crippen molar-refractivity contribution >= 4 is 40.2 Å². The third kappa shape index (κ3) is 4.83. The maximum absolute atomic E-state index is 6.52. The minimum Gasteiger partial charge on any atom is -0.497 e. The predicted molar refractivity (Wildman–Crippen MR) is 123 cm³/mol. The van der Waals surface area contributed by atoms with E-state index in [9.17, 15) is 0 Å². The van der Waals surface area contributed by atoms with E-state index in [1.54, 1.807) is 14.2 Å². The number of ether oxygens (including phenoxy) is 2. The maximum atomic E-state index is 6.52. The lowest BCUT2D eigenvalue weighted by atomic mass is 9.83. The second kappa shape index (κ2) is 9.49. The number of rotatable bonds is 7. The first-order valence-electron chi connectivity index (χ1n) is 10.5. The third-order valence-corrected chi connectivity index (χ3v) is 6.50. The van der Waals surface area contributed by atoms with Crippen LogP contribution in [0.4, 0.5) is 5.82 Å². The van der Waals surface area contributed by atoms with Crippen LogP contribution in [0.3, 0.4) is 0 Å². The van der Waals surface area contributed by atoms with Crippen LogP contribution < -0.4 is 14.8 Å². The highest BCUT2D eigenvalue weighted by atomic mass is 35.5. The van der Waals surface area contributed by atoms with E-state index in [-0.39, 0.29) is 5.28 Å². The molecule has 1 aliphatic rings. The number of nitrogens with one attached hydrogen (secondary N) is 1. The van der Waals surface area contributed by atoms with Gasteiger partial charge in [0, 0.05) is 24.7 Å². The standard InChI is InChI=1S/C22H27Cl2N5O2/c1-13-4-6-14(7-5-13)12-29-18-19(26-21(23)27-20(18)28-22(29)24)25-11-15-8-9-16(30-2)10-17(15)31-3/h8-10,13-14H,4-7,11-12H2,1-3H3,(H,25,26,27)/t13-,14-. The monoisotopic (exact) mass is 463 g/mol. The van der Waals surface area contributed by atoms with Crippen LogP contribution in [0.2, 0.25) is 10.6 Å². The largest absolute Gasteiger partial charge is 0.497 e. The fourth-order valence-corrected chi connectivity index (χ4v) is 4.62. The number of methoxy groups -OCH3 is 2. The molecular formula is C22H27Cl2N5O2. The highest BCUT2D eigenvalue weighted by Gasteiger charge is 2.23. The van der Waals surface area contributed by atoms with Crippen LogP contribution in [0.1, 0.15) is 38.2 Å². The fraction of sp³-hybridized carbons (Fsp3) is 0.500. The third-order valence-electron chi connectivity index (χ3n) is 6.05. The molecule has 0 aliphatic heterocycles. The van der Waals surface area contributed by atoms with E-state index in [1.165, 1.54) is 25.7 Å². The van der Waals surface area contributed by atoms with Crippen molar-refractivity contribution in [2.75, 3.05) is 19.5 Å². The molecule has 31 heavy (non-hydrogen) atoms. The van der Waals surface area contributed by atoms with E-state index in [1.807, 2.05) is 22.8 Å². The van der Waals surface area contributed by atoms with Gasteiger partial charge in [-0.1, -0.05) is 19.8 Å². The summed E-state index contributed by atoms with van der Waals surface area (Å²) in [6, 6.07) is 5.70.